The summed E-state index contributed by atoms with van der Waals surface area (Å²) in [5.41, 5.74) is 5.13. The minimum absolute atomic E-state index is 1.24. The molecule has 0 unspecified atom stereocenters. The number of aromatic nitrogens is 2. The van der Waals surface area contributed by atoms with Crippen LogP contribution in [0.15, 0.2) is 55.0 Å². The van der Waals surface area contributed by atoms with E-state index < -0.39 is 0 Å². The predicted octanol–water partition coefficient (Wildman–Crippen LogP) is 2.74. The maximum absolute atomic E-state index is 2.19. The van der Waals surface area contributed by atoms with Crippen LogP contribution in [-0.2, 0) is 7.05 Å². The van der Waals surface area contributed by atoms with Gasteiger partial charge in [-0.3, -0.25) is 0 Å². The Morgan fingerprint density at radius 1 is 1.06 bits per heavy atom. The first-order chi connectivity index (χ1) is 8.27. The lowest BCUT2D eigenvalue weighted by Crippen LogP contribution is -2.29. The quantitative estimate of drug-likeness (QED) is 0.561. The van der Waals surface area contributed by atoms with Gasteiger partial charge in [-0.2, -0.15) is 0 Å². The Hall–Kier alpha value is -2.09. The van der Waals surface area contributed by atoms with Crippen molar-refractivity contribution in [1.82, 2.24) is 4.40 Å². The second kappa shape index (κ2) is 3.74. The van der Waals surface area contributed by atoms with E-state index in [2.05, 4.69) is 77.9 Å². The Kier molecular flexibility index (Phi) is 2.22. The molecule has 84 valence electrons. The summed E-state index contributed by atoms with van der Waals surface area (Å²) in [4.78, 5) is 0. The third-order valence-electron chi connectivity index (χ3n) is 3.28. The van der Waals surface area contributed by atoms with Gasteiger partial charge in [-0.15, -0.1) is 0 Å². The molecule has 2 heteroatoms. The van der Waals surface area contributed by atoms with E-state index in [0.717, 1.165) is 0 Å². The summed E-state index contributed by atoms with van der Waals surface area (Å²) in [6.45, 7) is 2.18. The van der Waals surface area contributed by atoms with Gasteiger partial charge in [0.05, 0.1) is 5.56 Å². The lowest BCUT2D eigenvalue weighted by Gasteiger charge is -1.97. The average Bonchev–Trinajstić information content (AvgIpc) is 2.68. The molecule has 0 amide bonds. The van der Waals surface area contributed by atoms with Crippen LogP contribution in [0.4, 0.5) is 0 Å². The molecular formula is C15H15N2+. The van der Waals surface area contributed by atoms with Crippen LogP contribution in [0, 0.1) is 6.92 Å². The van der Waals surface area contributed by atoms with Gasteiger partial charge < -0.3 is 4.40 Å². The van der Waals surface area contributed by atoms with Gasteiger partial charge in [0, 0.05) is 30.0 Å². The fraction of sp³-hybridized carbons (Fsp3) is 0.133. The van der Waals surface area contributed by atoms with Crippen LogP contribution < -0.4 is 4.57 Å². The van der Waals surface area contributed by atoms with Crippen LogP contribution in [-0.4, -0.2) is 4.40 Å². The number of rotatable bonds is 1. The van der Waals surface area contributed by atoms with E-state index in [4.69, 9.17) is 0 Å². The Morgan fingerprint density at radius 2 is 1.88 bits per heavy atom. The molecule has 2 nitrogen and oxygen atoms in total. The van der Waals surface area contributed by atoms with Gasteiger partial charge in [0.1, 0.15) is 7.05 Å². The molecule has 3 aromatic rings. The highest BCUT2D eigenvalue weighted by Gasteiger charge is 2.14. The third kappa shape index (κ3) is 1.53. The zero-order valence-electron chi connectivity index (χ0n) is 10.1. The zero-order valence-corrected chi connectivity index (χ0v) is 10.1. The lowest BCUT2D eigenvalue weighted by molar-refractivity contribution is -0.660. The molecule has 0 fully saturated rings. The monoisotopic (exact) mass is 223 g/mol. The molecule has 3 aromatic heterocycles. The van der Waals surface area contributed by atoms with Gasteiger partial charge in [0.25, 0.3) is 0 Å². The summed E-state index contributed by atoms with van der Waals surface area (Å²) in [6.07, 6.45) is 6.37. The molecule has 0 N–H and O–H groups in total. The first kappa shape index (κ1) is 10.1. The molecule has 17 heavy (non-hydrogen) atoms. The fourth-order valence-electron chi connectivity index (χ4n) is 2.32. The van der Waals surface area contributed by atoms with E-state index in [1.54, 1.807) is 0 Å². The maximum atomic E-state index is 2.19. The summed E-state index contributed by atoms with van der Waals surface area (Å²) in [5.74, 6) is 0. The molecule has 3 rings (SSSR count). The van der Waals surface area contributed by atoms with Crippen molar-refractivity contribution in [2.45, 2.75) is 6.92 Å². The number of fused-ring (bicyclic) bond motifs is 1. The van der Waals surface area contributed by atoms with Gasteiger partial charge in [-0.1, -0.05) is 6.07 Å². The summed E-state index contributed by atoms with van der Waals surface area (Å²) < 4.78 is 4.33. The van der Waals surface area contributed by atoms with Gasteiger partial charge in [0.2, 0.25) is 5.69 Å². The maximum Gasteiger partial charge on any atom is 0.214 e. The summed E-state index contributed by atoms with van der Waals surface area (Å²) >= 11 is 0. The number of aryl methyl sites for hydroxylation is 2. The van der Waals surface area contributed by atoms with E-state index in [1.165, 1.54) is 22.3 Å². The average molecular weight is 223 g/mol. The number of nitrogens with zero attached hydrogens (tertiary/aromatic N) is 2. The highest BCUT2D eigenvalue weighted by molar-refractivity contribution is 5.72. The molecule has 0 aliphatic rings. The van der Waals surface area contributed by atoms with Crippen molar-refractivity contribution < 1.29 is 4.57 Å². The smallest absolute Gasteiger partial charge is 0.214 e. The van der Waals surface area contributed by atoms with Crippen LogP contribution in [0.3, 0.4) is 0 Å². The fourth-order valence-corrected chi connectivity index (χ4v) is 2.32. The molecule has 0 aliphatic heterocycles. The van der Waals surface area contributed by atoms with Crippen molar-refractivity contribution in [3.8, 4) is 11.3 Å². The molecule has 0 saturated carbocycles. The number of hydrogen-bond donors (Lipinski definition) is 0. The van der Waals surface area contributed by atoms with Gasteiger partial charge >= 0.3 is 0 Å². The molecule has 0 aromatic carbocycles. The largest absolute Gasteiger partial charge is 0.323 e. The van der Waals surface area contributed by atoms with Crippen molar-refractivity contribution in [3.05, 3.63) is 60.6 Å². The topological polar surface area (TPSA) is 8.29 Å². The van der Waals surface area contributed by atoms with Crippen molar-refractivity contribution >= 4 is 5.52 Å². The van der Waals surface area contributed by atoms with Gasteiger partial charge in [0.15, 0.2) is 6.20 Å². The summed E-state index contributed by atoms with van der Waals surface area (Å²) in [7, 11) is 2.08. The van der Waals surface area contributed by atoms with E-state index in [1.807, 2.05) is 0 Å². The lowest BCUT2D eigenvalue weighted by atomic mass is 10.1. The van der Waals surface area contributed by atoms with E-state index in [0.29, 0.717) is 0 Å². The van der Waals surface area contributed by atoms with Crippen LogP contribution in [0.1, 0.15) is 5.56 Å². The molecule has 0 spiro atoms. The van der Waals surface area contributed by atoms with Crippen LogP contribution in [0.5, 0.6) is 0 Å². The molecular weight excluding hydrogens is 208 g/mol. The molecule has 0 aliphatic carbocycles. The van der Waals surface area contributed by atoms with E-state index in [-0.39, 0.29) is 0 Å². The highest BCUT2D eigenvalue weighted by Crippen LogP contribution is 2.25. The van der Waals surface area contributed by atoms with Crippen molar-refractivity contribution in [2.24, 2.45) is 7.05 Å². The molecule has 0 bridgehead atoms. The normalized spacial score (nSPS) is 10.9. The molecule has 0 radical (unpaired) electrons. The Morgan fingerprint density at radius 3 is 2.65 bits per heavy atom. The molecule has 0 saturated heterocycles. The zero-order chi connectivity index (χ0) is 11.8. The summed E-state index contributed by atoms with van der Waals surface area (Å²) in [5, 5.41) is 0. The number of hydrogen-bond acceptors (Lipinski definition) is 0. The standard InChI is InChI=1S/C15H15N2/c1-12-13(15-8-3-5-9-16(15)2)11-17-10-6-4-7-14(12)17/h3-11H,1-2H3/q+1. The Labute approximate surface area is 101 Å². The molecule has 3 heterocycles. The third-order valence-corrected chi connectivity index (χ3v) is 3.28. The van der Waals surface area contributed by atoms with Gasteiger partial charge in [-0.05, 0) is 30.7 Å². The Balaban J connectivity index is 2.32. The molecule has 0 atom stereocenters. The first-order valence-corrected chi connectivity index (χ1v) is 5.79. The highest BCUT2D eigenvalue weighted by atomic mass is 14.9. The first-order valence-electron chi connectivity index (χ1n) is 5.79. The van der Waals surface area contributed by atoms with Gasteiger partial charge in [-0.25, -0.2) is 4.57 Å². The van der Waals surface area contributed by atoms with Crippen LogP contribution in [0.25, 0.3) is 16.8 Å². The van der Waals surface area contributed by atoms with Crippen molar-refractivity contribution in [3.63, 3.8) is 0 Å². The predicted molar refractivity (Wildman–Crippen MR) is 68.7 cm³/mol. The van der Waals surface area contributed by atoms with Crippen molar-refractivity contribution in [2.75, 3.05) is 0 Å². The van der Waals surface area contributed by atoms with Crippen molar-refractivity contribution in [1.29, 1.82) is 0 Å². The number of pyridine rings is 2. The Bertz CT molecular complexity index is 680. The van der Waals surface area contributed by atoms with E-state index >= 15 is 0 Å². The van der Waals surface area contributed by atoms with Crippen LogP contribution >= 0.6 is 0 Å². The van der Waals surface area contributed by atoms with E-state index in [9.17, 15) is 0 Å². The second-order valence-electron chi connectivity index (χ2n) is 4.36. The van der Waals surface area contributed by atoms with Crippen LogP contribution in [0.2, 0.25) is 0 Å². The summed E-state index contributed by atoms with van der Waals surface area (Å²) in [6, 6.07) is 12.6. The second-order valence-corrected chi connectivity index (χ2v) is 4.36. The minimum Gasteiger partial charge on any atom is -0.323 e. The minimum atomic E-state index is 1.24. The SMILES string of the molecule is Cc1c(-c2cccc[n+]2C)cn2ccccc12.